The van der Waals surface area contributed by atoms with Crippen LogP contribution in [0.5, 0.6) is 11.5 Å². The molecule has 0 aliphatic heterocycles. The first-order valence-corrected chi connectivity index (χ1v) is 9.94. The van der Waals surface area contributed by atoms with Crippen LogP contribution in [0.2, 0.25) is 0 Å². The standard InChI is InChI=1S/C23H27N3O4/c1-16(2)26(17-9-6-5-7-10-17)22(27)11-8-12-25-15-24-19-14-21(30-4)20(29-3)13-18(19)23(25)28/h5-7,9-10,13-16H,8,11-12H2,1-4H3. The summed E-state index contributed by atoms with van der Waals surface area (Å²) in [6.45, 7) is 4.39. The molecule has 30 heavy (non-hydrogen) atoms. The number of rotatable bonds is 8. The number of nitrogens with zero attached hydrogens (tertiary/aromatic N) is 3. The Labute approximate surface area is 175 Å². The van der Waals surface area contributed by atoms with E-state index in [1.54, 1.807) is 17.0 Å². The number of carbonyl (C=O) groups excluding carboxylic acids is 1. The molecule has 0 atom stereocenters. The van der Waals surface area contributed by atoms with E-state index in [0.29, 0.717) is 41.8 Å². The summed E-state index contributed by atoms with van der Waals surface area (Å²) in [7, 11) is 3.06. The highest BCUT2D eigenvalue weighted by Crippen LogP contribution is 2.29. The van der Waals surface area contributed by atoms with Gasteiger partial charge in [-0.15, -0.1) is 0 Å². The summed E-state index contributed by atoms with van der Waals surface area (Å²) in [6.07, 6.45) is 2.39. The molecule has 7 nitrogen and oxygen atoms in total. The Bertz CT molecular complexity index is 1080. The lowest BCUT2D eigenvalue weighted by Crippen LogP contribution is -2.37. The summed E-state index contributed by atoms with van der Waals surface area (Å²) in [5, 5.41) is 0.453. The maximum atomic E-state index is 12.9. The molecule has 1 aromatic heterocycles. The van der Waals surface area contributed by atoms with Crippen molar-refractivity contribution in [3.63, 3.8) is 0 Å². The predicted molar refractivity (Wildman–Crippen MR) is 117 cm³/mol. The molecule has 1 amide bonds. The number of fused-ring (bicyclic) bond motifs is 1. The number of para-hydroxylation sites is 1. The smallest absolute Gasteiger partial charge is 0.261 e. The number of ether oxygens (including phenoxy) is 2. The molecule has 2 aromatic carbocycles. The van der Waals surface area contributed by atoms with Crippen molar-refractivity contribution in [1.29, 1.82) is 0 Å². The van der Waals surface area contributed by atoms with Crippen molar-refractivity contribution in [2.45, 2.75) is 39.3 Å². The van der Waals surface area contributed by atoms with E-state index in [9.17, 15) is 9.59 Å². The van der Waals surface area contributed by atoms with Crippen LogP contribution in [0, 0.1) is 0 Å². The van der Waals surface area contributed by atoms with Crippen LogP contribution in [0.25, 0.3) is 10.9 Å². The highest BCUT2D eigenvalue weighted by Gasteiger charge is 2.18. The molecule has 0 radical (unpaired) electrons. The van der Waals surface area contributed by atoms with Gasteiger partial charge in [0.25, 0.3) is 5.56 Å². The monoisotopic (exact) mass is 409 g/mol. The zero-order valence-corrected chi connectivity index (χ0v) is 17.8. The summed E-state index contributed by atoms with van der Waals surface area (Å²) in [5.74, 6) is 1.03. The number of anilines is 1. The lowest BCUT2D eigenvalue weighted by atomic mass is 10.2. The van der Waals surface area contributed by atoms with Gasteiger partial charge in [0, 0.05) is 30.8 Å². The van der Waals surface area contributed by atoms with Gasteiger partial charge in [0.15, 0.2) is 11.5 Å². The molecule has 0 aliphatic carbocycles. The molecule has 0 saturated carbocycles. The second-order valence-electron chi connectivity index (χ2n) is 7.26. The van der Waals surface area contributed by atoms with Crippen molar-refractivity contribution in [2.24, 2.45) is 0 Å². The van der Waals surface area contributed by atoms with Crippen LogP contribution >= 0.6 is 0 Å². The van der Waals surface area contributed by atoms with Crippen LogP contribution in [0.3, 0.4) is 0 Å². The van der Waals surface area contributed by atoms with E-state index in [4.69, 9.17) is 9.47 Å². The first-order valence-electron chi connectivity index (χ1n) is 9.94. The molecule has 3 aromatic rings. The molecule has 158 valence electrons. The third-order valence-corrected chi connectivity index (χ3v) is 4.94. The number of carbonyl (C=O) groups is 1. The molecule has 0 fully saturated rings. The second kappa shape index (κ2) is 9.43. The van der Waals surface area contributed by atoms with Gasteiger partial charge in [-0.1, -0.05) is 18.2 Å². The molecule has 3 rings (SSSR count). The fraction of sp³-hybridized carbons (Fsp3) is 0.348. The van der Waals surface area contributed by atoms with Crippen molar-refractivity contribution in [3.05, 3.63) is 59.1 Å². The van der Waals surface area contributed by atoms with Crippen LogP contribution in [0.15, 0.2) is 53.6 Å². The molecule has 0 bridgehead atoms. The van der Waals surface area contributed by atoms with Gasteiger partial charge in [0.1, 0.15) is 0 Å². The fourth-order valence-electron chi connectivity index (χ4n) is 3.48. The first-order chi connectivity index (χ1) is 14.5. The lowest BCUT2D eigenvalue weighted by molar-refractivity contribution is -0.119. The van der Waals surface area contributed by atoms with Crippen LogP contribution < -0.4 is 19.9 Å². The Kier molecular flexibility index (Phi) is 6.72. The molecule has 0 N–H and O–H groups in total. The molecular weight excluding hydrogens is 382 g/mol. The van der Waals surface area contributed by atoms with Crippen molar-refractivity contribution in [1.82, 2.24) is 9.55 Å². The van der Waals surface area contributed by atoms with Crippen LogP contribution in [-0.2, 0) is 11.3 Å². The fourth-order valence-corrected chi connectivity index (χ4v) is 3.48. The topological polar surface area (TPSA) is 73.7 Å². The third kappa shape index (κ3) is 4.45. The zero-order valence-electron chi connectivity index (χ0n) is 17.8. The first kappa shape index (κ1) is 21.4. The number of hydrogen-bond donors (Lipinski definition) is 0. The van der Waals surface area contributed by atoms with E-state index in [1.807, 2.05) is 44.2 Å². The van der Waals surface area contributed by atoms with E-state index in [1.165, 1.54) is 25.1 Å². The zero-order chi connectivity index (χ0) is 21.7. The molecule has 0 unspecified atom stereocenters. The van der Waals surface area contributed by atoms with Gasteiger partial charge in [-0.2, -0.15) is 0 Å². The number of hydrogen-bond acceptors (Lipinski definition) is 5. The van der Waals surface area contributed by atoms with Gasteiger partial charge in [-0.25, -0.2) is 4.98 Å². The number of amides is 1. The molecule has 0 spiro atoms. The number of methoxy groups -OCH3 is 2. The van der Waals surface area contributed by atoms with Crippen molar-refractivity contribution in [3.8, 4) is 11.5 Å². The van der Waals surface area contributed by atoms with Crippen molar-refractivity contribution >= 4 is 22.5 Å². The number of benzene rings is 2. The van der Waals surface area contributed by atoms with Crippen LogP contribution in [0.1, 0.15) is 26.7 Å². The minimum absolute atomic E-state index is 0.0319. The van der Waals surface area contributed by atoms with Crippen LogP contribution in [-0.4, -0.2) is 35.7 Å². The quantitative estimate of drug-likeness (QED) is 0.568. The van der Waals surface area contributed by atoms with E-state index in [-0.39, 0.29) is 17.5 Å². The third-order valence-electron chi connectivity index (χ3n) is 4.94. The average Bonchev–Trinajstić information content (AvgIpc) is 2.75. The predicted octanol–water partition coefficient (Wildman–Crippen LogP) is 3.64. The highest BCUT2D eigenvalue weighted by molar-refractivity contribution is 5.93. The van der Waals surface area contributed by atoms with E-state index in [2.05, 4.69) is 4.98 Å². The maximum Gasteiger partial charge on any atom is 0.261 e. The van der Waals surface area contributed by atoms with E-state index in [0.717, 1.165) is 5.69 Å². The van der Waals surface area contributed by atoms with Gasteiger partial charge < -0.3 is 14.4 Å². The molecular formula is C23H27N3O4. The highest BCUT2D eigenvalue weighted by atomic mass is 16.5. The van der Waals surface area contributed by atoms with E-state index >= 15 is 0 Å². The Balaban J connectivity index is 1.74. The van der Waals surface area contributed by atoms with Gasteiger partial charge in [0.2, 0.25) is 5.91 Å². The maximum absolute atomic E-state index is 12.9. The minimum atomic E-state index is -0.169. The number of aryl methyl sites for hydroxylation is 1. The Morgan fingerprint density at radius 2 is 1.77 bits per heavy atom. The number of aromatic nitrogens is 2. The van der Waals surface area contributed by atoms with Gasteiger partial charge in [0.05, 0.1) is 31.4 Å². The minimum Gasteiger partial charge on any atom is -0.493 e. The molecule has 7 heteroatoms. The van der Waals surface area contributed by atoms with Crippen molar-refractivity contribution < 1.29 is 14.3 Å². The van der Waals surface area contributed by atoms with E-state index < -0.39 is 0 Å². The molecule has 0 saturated heterocycles. The molecule has 0 aliphatic rings. The Morgan fingerprint density at radius 3 is 2.40 bits per heavy atom. The summed E-state index contributed by atoms with van der Waals surface area (Å²) in [5.41, 5.74) is 1.25. The Hall–Kier alpha value is -3.35. The SMILES string of the molecule is COc1cc2ncn(CCCC(=O)N(c3ccccc3)C(C)C)c(=O)c2cc1OC. The lowest BCUT2D eigenvalue weighted by Gasteiger charge is -2.27. The van der Waals surface area contributed by atoms with Gasteiger partial charge in [-0.3, -0.25) is 14.2 Å². The average molecular weight is 409 g/mol. The normalized spacial score (nSPS) is 11.0. The Morgan fingerprint density at radius 1 is 1.10 bits per heavy atom. The summed E-state index contributed by atoms with van der Waals surface area (Å²) in [4.78, 5) is 31.8. The summed E-state index contributed by atoms with van der Waals surface area (Å²) in [6, 6.07) is 13.0. The van der Waals surface area contributed by atoms with Gasteiger partial charge in [-0.05, 0) is 38.5 Å². The summed E-state index contributed by atoms with van der Waals surface area (Å²) < 4.78 is 12.1. The van der Waals surface area contributed by atoms with Gasteiger partial charge >= 0.3 is 0 Å². The largest absolute Gasteiger partial charge is 0.493 e. The summed E-state index contributed by atoms with van der Waals surface area (Å²) >= 11 is 0. The molecule has 1 heterocycles. The van der Waals surface area contributed by atoms with Crippen LogP contribution in [0.4, 0.5) is 5.69 Å². The van der Waals surface area contributed by atoms with Crippen molar-refractivity contribution in [2.75, 3.05) is 19.1 Å². The second-order valence-corrected chi connectivity index (χ2v) is 7.26.